The number of nitrogens with zero attached hydrogens (tertiary/aromatic N) is 2. The molecular formula is C18H20F3N3O. The minimum atomic E-state index is -4.73. The van der Waals surface area contributed by atoms with Gasteiger partial charge in [0.25, 0.3) is 0 Å². The van der Waals surface area contributed by atoms with E-state index < -0.39 is 6.36 Å². The van der Waals surface area contributed by atoms with Gasteiger partial charge in [-0.2, -0.15) is 5.10 Å². The van der Waals surface area contributed by atoms with Crippen molar-refractivity contribution >= 4 is 11.4 Å². The van der Waals surface area contributed by atoms with Gasteiger partial charge in [-0.3, -0.25) is 5.01 Å². The average molecular weight is 351 g/mol. The molecule has 1 unspecified atom stereocenters. The fourth-order valence-electron chi connectivity index (χ4n) is 3.16. The number of amidine groups is 1. The summed E-state index contributed by atoms with van der Waals surface area (Å²) in [5.74, 6) is 0.673. The van der Waals surface area contributed by atoms with Gasteiger partial charge in [0.05, 0.1) is 6.04 Å². The number of alkyl halides is 3. The largest absolute Gasteiger partial charge is 0.573 e. The summed E-state index contributed by atoms with van der Waals surface area (Å²) in [7, 11) is 0. The van der Waals surface area contributed by atoms with Crippen LogP contribution < -0.4 is 10.5 Å². The molecule has 1 aliphatic carbocycles. The first-order valence-electron chi connectivity index (χ1n) is 8.11. The lowest BCUT2D eigenvalue weighted by atomic mass is 9.88. The number of nitrogens with two attached hydrogens (primary N) is 1. The summed E-state index contributed by atoms with van der Waals surface area (Å²) in [4.78, 5) is 0. The van der Waals surface area contributed by atoms with Gasteiger partial charge in [-0.15, -0.1) is 13.2 Å². The van der Waals surface area contributed by atoms with Crippen molar-refractivity contribution in [2.24, 2.45) is 16.8 Å². The SMILES string of the molecule is CC(C)CN1N=C(N)C2=CC=C(c3ccccc3OC(F)(F)F)CC21. The summed E-state index contributed by atoms with van der Waals surface area (Å²) in [5, 5.41) is 6.32. The molecule has 7 heteroatoms. The molecule has 4 nitrogen and oxygen atoms in total. The Balaban J connectivity index is 1.90. The van der Waals surface area contributed by atoms with E-state index in [4.69, 9.17) is 5.73 Å². The second-order valence-electron chi connectivity index (χ2n) is 6.58. The van der Waals surface area contributed by atoms with Crippen molar-refractivity contribution in [3.63, 3.8) is 0 Å². The first kappa shape index (κ1) is 17.4. The van der Waals surface area contributed by atoms with Crippen molar-refractivity contribution in [1.29, 1.82) is 0 Å². The number of hydrogen-bond donors (Lipinski definition) is 1. The Hall–Kier alpha value is -2.44. The van der Waals surface area contributed by atoms with E-state index in [0.29, 0.717) is 23.7 Å². The van der Waals surface area contributed by atoms with Crippen molar-refractivity contribution in [1.82, 2.24) is 5.01 Å². The highest BCUT2D eigenvalue weighted by atomic mass is 19.4. The summed E-state index contributed by atoms with van der Waals surface area (Å²) in [6, 6.07) is 6.13. The average Bonchev–Trinajstić information content (AvgIpc) is 2.81. The van der Waals surface area contributed by atoms with Crippen LogP contribution in [0.15, 0.2) is 47.1 Å². The van der Waals surface area contributed by atoms with Crippen LogP contribution in [0.5, 0.6) is 5.75 Å². The fraction of sp³-hybridized carbons (Fsp3) is 0.389. The van der Waals surface area contributed by atoms with Crippen LogP contribution in [0.25, 0.3) is 5.57 Å². The molecule has 3 rings (SSSR count). The molecule has 0 amide bonds. The third-order valence-electron chi connectivity index (χ3n) is 4.14. The highest BCUT2D eigenvalue weighted by Crippen LogP contribution is 2.38. The molecule has 25 heavy (non-hydrogen) atoms. The Bertz CT molecular complexity index is 750. The first-order chi connectivity index (χ1) is 11.7. The van der Waals surface area contributed by atoms with Crippen molar-refractivity contribution in [3.8, 4) is 5.75 Å². The molecule has 1 aromatic carbocycles. The molecule has 1 aliphatic heterocycles. The van der Waals surface area contributed by atoms with Gasteiger partial charge in [-0.1, -0.05) is 44.2 Å². The van der Waals surface area contributed by atoms with Gasteiger partial charge >= 0.3 is 6.36 Å². The molecule has 0 fully saturated rings. The van der Waals surface area contributed by atoms with E-state index >= 15 is 0 Å². The summed E-state index contributed by atoms with van der Waals surface area (Å²) >= 11 is 0. The number of hydrazone groups is 1. The molecule has 0 saturated heterocycles. The number of hydrogen-bond acceptors (Lipinski definition) is 4. The van der Waals surface area contributed by atoms with Crippen LogP contribution in [0.1, 0.15) is 25.8 Å². The Morgan fingerprint density at radius 3 is 2.68 bits per heavy atom. The van der Waals surface area contributed by atoms with Crippen molar-refractivity contribution in [3.05, 3.63) is 47.6 Å². The van der Waals surface area contributed by atoms with Gasteiger partial charge < -0.3 is 10.5 Å². The van der Waals surface area contributed by atoms with Crippen LogP contribution in [-0.2, 0) is 0 Å². The van der Waals surface area contributed by atoms with Crippen LogP contribution in [0.3, 0.4) is 0 Å². The van der Waals surface area contributed by atoms with Gasteiger partial charge in [0.15, 0.2) is 0 Å². The molecule has 0 bridgehead atoms. The Kier molecular flexibility index (Phi) is 4.49. The predicted octanol–water partition coefficient (Wildman–Crippen LogP) is 3.91. The van der Waals surface area contributed by atoms with Gasteiger partial charge in [0.1, 0.15) is 11.6 Å². The molecule has 1 atom stereocenters. The van der Waals surface area contributed by atoms with E-state index in [9.17, 15) is 13.2 Å². The number of rotatable bonds is 4. The van der Waals surface area contributed by atoms with Gasteiger partial charge in [0, 0.05) is 17.7 Å². The summed E-state index contributed by atoms with van der Waals surface area (Å²) < 4.78 is 42.2. The molecule has 2 aliphatic rings. The van der Waals surface area contributed by atoms with Crippen LogP contribution >= 0.6 is 0 Å². The molecule has 1 aromatic rings. The molecule has 134 valence electrons. The van der Waals surface area contributed by atoms with E-state index in [1.807, 2.05) is 11.1 Å². The standard InChI is InChI=1S/C18H20F3N3O/c1-11(2)10-24-15-9-12(7-8-14(15)17(22)23-24)13-5-3-4-6-16(13)25-18(19,20)21/h3-8,11,15H,9-10H2,1-2H3,(H2,22,23). The van der Waals surface area contributed by atoms with Crippen molar-refractivity contribution in [2.75, 3.05) is 6.54 Å². The monoisotopic (exact) mass is 351 g/mol. The molecule has 2 N–H and O–H groups in total. The molecule has 0 saturated carbocycles. The second-order valence-corrected chi connectivity index (χ2v) is 6.58. The van der Waals surface area contributed by atoms with E-state index in [1.54, 1.807) is 18.2 Å². The van der Waals surface area contributed by atoms with Gasteiger partial charge in [-0.25, -0.2) is 0 Å². The van der Waals surface area contributed by atoms with E-state index in [0.717, 1.165) is 17.7 Å². The van der Waals surface area contributed by atoms with E-state index in [1.165, 1.54) is 12.1 Å². The zero-order valence-electron chi connectivity index (χ0n) is 14.0. The number of para-hydroxylation sites is 1. The molecule has 0 aromatic heterocycles. The maximum atomic E-state index is 12.7. The zero-order chi connectivity index (χ0) is 18.2. The quantitative estimate of drug-likeness (QED) is 0.895. The number of halogens is 3. The maximum Gasteiger partial charge on any atom is 0.573 e. The van der Waals surface area contributed by atoms with Crippen molar-refractivity contribution in [2.45, 2.75) is 32.7 Å². The minimum absolute atomic E-state index is 0.0543. The van der Waals surface area contributed by atoms with Crippen molar-refractivity contribution < 1.29 is 17.9 Å². The zero-order valence-corrected chi connectivity index (χ0v) is 14.0. The fourth-order valence-corrected chi connectivity index (χ4v) is 3.16. The Morgan fingerprint density at radius 2 is 2.00 bits per heavy atom. The molecule has 0 spiro atoms. The number of ether oxygens (including phenoxy) is 1. The summed E-state index contributed by atoms with van der Waals surface area (Å²) in [5.41, 5.74) is 8.11. The third kappa shape index (κ3) is 3.81. The Morgan fingerprint density at radius 1 is 1.28 bits per heavy atom. The third-order valence-corrected chi connectivity index (χ3v) is 4.14. The van der Waals surface area contributed by atoms with Crippen LogP contribution in [0.4, 0.5) is 13.2 Å². The maximum absolute atomic E-state index is 12.7. The topological polar surface area (TPSA) is 50.8 Å². The van der Waals surface area contributed by atoms with E-state index in [-0.39, 0.29) is 11.8 Å². The van der Waals surface area contributed by atoms with E-state index in [2.05, 4.69) is 23.7 Å². The molecule has 0 radical (unpaired) electrons. The van der Waals surface area contributed by atoms with Gasteiger partial charge in [-0.05, 0) is 24.0 Å². The smallest absolute Gasteiger partial charge is 0.405 e. The first-order valence-corrected chi connectivity index (χ1v) is 8.11. The highest BCUT2D eigenvalue weighted by molar-refractivity contribution is 6.01. The summed E-state index contributed by atoms with van der Waals surface area (Å²) in [6.45, 7) is 4.90. The van der Waals surface area contributed by atoms with Crippen LogP contribution in [0.2, 0.25) is 0 Å². The minimum Gasteiger partial charge on any atom is -0.405 e. The lowest BCUT2D eigenvalue weighted by Gasteiger charge is -2.29. The number of benzene rings is 1. The van der Waals surface area contributed by atoms with Gasteiger partial charge in [0.2, 0.25) is 0 Å². The normalized spacial score (nSPS) is 20.2. The highest BCUT2D eigenvalue weighted by Gasteiger charge is 2.35. The van der Waals surface area contributed by atoms with Crippen LogP contribution in [0, 0.1) is 5.92 Å². The summed E-state index contributed by atoms with van der Waals surface area (Å²) in [6.07, 6.45) is -0.559. The lowest BCUT2D eigenvalue weighted by Crippen LogP contribution is -2.33. The lowest BCUT2D eigenvalue weighted by molar-refractivity contribution is -0.274. The number of allylic oxidation sites excluding steroid dienone is 2. The van der Waals surface area contributed by atoms with Crippen LogP contribution in [-0.4, -0.2) is 29.8 Å². The Labute approximate surface area is 144 Å². The molecular weight excluding hydrogens is 331 g/mol. The predicted molar refractivity (Wildman–Crippen MR) is 90.8 cm³/mol. The second kappa shape index (κ2) is 6.46. The number of fused-ring (bicyclic) bond motifs is 1. The molecule has 1 heterocycles.